The molecule has 1 aliphatic carbocycles. The first-order chi connectivity index (χ1) is 17.0. The molecule has 4 heterocycles. The van der Waals surface area contributed by atoms with Gasteiger partial charge in [-0.3, -0.25) is 0 Å². The number of halogens is 4. The summed E-state index contributed by atoms with van der Waals surface area (Å²) in [5, 5.41) is 11.2. The third-order valence-corrected chi connectivity index (χ3v) is 6.91. The SMILES string of the molecule is CC(O)(C#Cc1cc2c(-c3nc(N)ncc3F)cn(C3CCN(CCC(F)(F)F)C3)c2cn1)C1CC1. The van der Waals surface area contributed by atoms with Gasteiger partial charge in [-0.05, 0) is 44.1 Å². The largest absolute Gasteiger partial charge is 0.390 e. The van der Waals surface area contributed by atoms with E-state index in [0.717, 1.165) is 19.0 Å². The van der Waals surface area contributed by atoms with Crippen molar-refractivity contribution < 1.29 is 22.7 Å². The van der Waals surface area contributed by atoms with Crippen molar-refractivity contribution in [3.8, 4) is 23.1 Å². The Morgan fingerprint density at radius 2 is 1.97 bits per heavy atom. The van der Waals surface area contributed by atoms with Gasteiger partial charge in [0.25, 0.3) is 0 Å². The van der Waals surface area contributed by atoms with Gasteiger partial charge >= 0.3 is 6.18 Å². The Hall–Kier alpha value is -3.23. The number of nitrogens with zero attached hydrogens (tertiary/aromatic N) is 5. The fraction of sp³-hybridized carbons (Fsp3) is 0.480. The Balaban J connectivity index is 1.53. The molecule has 3 aromatic heterocycles. The fourth-order valence-corrected chi connectivity index (χ4v) is 4.74. The average molecular weight is 503 g/mol. The van der Waals surface area contributed by atoms with Crippen molar-refractivity contribution in [1.29, 1.82) is 0 Å². The summed E-state index contributed by atoms with van der Waals surface area (Å²) in [6.45, 7) is 2.57. The van der Waals surface area contributed by atoms with E-state index >= 15 is 0 Å². The Morgan fingerprint density at radius 1 is 1.19 bits per heavy atom. The summed E-state index contributed by atoms with van der Waals surface area (Å²) in [5.41, 5.74) is 6.19. The number of nitrogen functional groups attached to an aromatic ring is 1. The number of hydrogen-bond acceptors (Lipinski definition) is 6. The molecule has 190 valence electrons. The first-order valence-electron chi connectivity index (χ1n) is 11.8. The lowest BCUT2D eigenvalue weighted by molar-refractivity contribution is -0.137. The maximum absolute atomic E-state index is 14.8. The first kappa shape index (κ1) is 24.5. The Labute approximate surface area is 205 Å². The van der Waals surface area contributed by atoms with Crippen LogP contribution in [0.1, 0.15) is 44.3 Å². The van der Waals surface area contributed by atoms with Gasteiger partial charge in [0, 0.05) is 42.8 Å². The quantitative estimate of drug-likeness (QED) is 0.406. The molecule has 7 nitrogen and oxygen atoms in total. The molecular formula is C25H26F4N6O. The minimum atomic E-state index is -4.21. The summed E-state index contributed by atoms with van der Waals surface area (Å²) < 4.78 is 54.8. The summed E-state index contributed by atoms with van der Waals surface area (Å²) in [5.74, 6) is 5.24. The zero-order chi connectivity index (χ0) is 25.7. The van der Waals surface area contributed by atoms with E-state index in [0.29, 0.717) is 41.7 Å². The van der Waals surface area contributed by atoms with Gasteiger partial charge in [0.1, 0.15) is 17.0 Å². The third kappa shape index (κ3) is 5.15. The number of fused-ring (bicyclic) bond motifs is 1. The molecule has 1 aliphatic heterocycles. The maximum atomic E-state index is 14.8. The second-order valence-corrected chi connectivity index (χ2v) is 9.74. The molecule has 11 heteroatoms. The van der Waals surface area contributed by atoms with E-state index in [1.807, 2.05) is 4.57 Å². The van der Waals surface area contributed by atoms with Crippen molar-refractivity contribution in [2.24, 2.45) is 5.92 Å². The van der Waals surface area contributed by atoms with Crippen LogP contribution < -0.4 is 5.73 Å². The van der Waals surface area contributed by atoms with Crippen LogP contribution in [0, 0.1) is 23.6 Å². The van der Waals surface area contributed by atoms with Gasteiger partial charge in [-0.25, -0.2) is 19.3 Å². The highest BCUT2D eigenvalue weighted by atomic mass is 19.4. The Morgan fingerprint density at radius 3 is 2.69 bits per heavy atom. The molecule has 2 atom stereocenters. The molecule has 3 N–H and O–H groups in total. The van der Waals surface area contributed by atoms with Crippen molar-refractivity contribution in [2.45, 2.75) is 50.4 Å². The van der Waals surface area contributed by atoms with Gasteiger partial charge in [-0.15, -0.1) is 0 Å². The second-order valence-electron chi connectivity index (χ2n) is 9.74. The van der Waals surface area contributed by atoms with Gasteiger partial charge in [0.2, 0.25) is 5.95 Å². The first-order valence-corrected chi connectivity index (χ1v) is 11.8. The van der Waals surface area contributed by atoms with Crippen LogP contribution in [0.25, 0.3) is 22.2 Å². The van der Waals surface area contributed by atoms with Gasteiger partial charge < -0.3 is 20.3 Å². The van der Waals surface area contributed by atoms with Crippen molar-refractivity contribution in [3.63, 3.8) is 0 Å². The Bertz CT molecular complexity index is 1350. The van der Waals surface area contributed by atoms with E-state index in [1.54, 1.807) is 30.3 Å². The number of pyridine rings is 1. The van der Waals surface area contributed by atoms with E-state index in [2.05, 4.69) is 26.8 Å². The monoisotopic (exact) mass is 502 g/mol. The minimum absolute atomic E-state index is 0.0215. The highest BCUT2D eigenvalue weighted by Crippen LogP contribution is 2.39. The number of nitrogens with two attached hydrogens (primary N) is 1. The van der Waals surface area contributed by atoms with E-state index in [9.17, 15) is 22.7 Å². The van der Waals surface area contributed by atoms with Gasteiger partial charge in [-0.2, -0.15) is 13.2 Å². The number of anilines is 1. The number of likely N-dealkylation sites (tertiary alicyclic amines) is 1. The molecule has 3 aromatic rings. The highest BCUT2D eigenvalue weighted by molar-refractivity contribution is 5.95. The van der Waals surface area contributed by atoms with Crippen LogP contribution in [0.5, 0.6) is 0 Å². The van der Waals surface area contributed by atoms with Crippen molar-refractivity contribution in [3.05, 3.63) is 36.2 Å². The second kappa shape index (κ2) is 9.01. The molecule has 2 fully saturated rings. The smallest absolute Gasteiger partial charge is 0.378 e. The zero-order valence-corrected chi connectivity index (χ0v) is 19.7. The Kier molecular flexibility index (Phi) is 6.12. The molecule has 0 spiro atoms. The summed E-state index contributed by atoms with van der Waals surface area (Å²) in [4.78, 5) is 14.0. The lowest BCUT2D eigenvalue weighted by Crippen LogP contribution is -2.26. The van der Waals surface area contributed by atoms with Crippen LogP contribution in [0.4, 0.5) is 23.5 Å². The van der Waals surface area contributed by atoms with Crippen molar-refractivity contribution in [1.82, 2.24) is 24.4 Å². The molecule has 2 aliphatic rings. The van der Waals surface area contributed by atoms with E-state index in [-0.39, 0.29) is 30.1 Å². The molecule has 0 radical (unpaired) electrons. The number of aromatic nitrogens is 4. The molecule has 0 aromatic carbocycles. The molecule has 36 heavy (non-hydrogen) atoms. The van der Waals surface area contributed by atoms with E-state index in [4.69, 9.17) is 5.73 Å². The molecule has 5 rings (SSSR count). The van der Waals surface area contributed by atoms with Crippen LogP contribution in [0.2, 0.25) is 0 Å². The predicted octanol–water partition coefficient (Wildman–Crippen LogP) is 3.93. The van der Waals surface area contributed by atoms with Crippen molar-refractivity contribution in [2.75, 3.05) is 25.4 Å². The molecular weight excluding hydrogens is 476 g/mol. The molecule has 1 saturated carbocycles. The average Bonchev–Trinajstić information content (AvgIpc) is 3.48. The number of alkyl halides is 3. The van der Waals surface area contributed by atoms with Crippen LogP contribution in [0.15, 0.2) is 24.7 Å². The fourth-order valence-electron chi connectivity index (χ4n) is 4.74. The number of rotatable bonds is 5. The normalized spacial score (nSPS) is 20.3. The van der Waals surface area contributed by atoms with Crippen molar-refractivity contribution >= 4 is 16.9 Å². The lowest BCUT2D eigenvalue weighted by atomic mass is 10.0. The summed E-state index contributed by atoms with van der Waals surface area (Å²) in [6.07, 6.45) is 1.79. The number of aliphatic hydroxyl groups is 1. The number of hydrogen-bond donors (Lipinski definition) is 2. The van der Waals surface area contributed by atoms with Gasteiger partial charge in [0.15, 0.2) is 5.82 Å². The minimum Gasteiger partial charge on any atom is -0.378 e. The topological polar surface area (TPSA) is 93.1 Å². The summed E-state index contributed by atoms with van der Waals surface area (Å²) >= 11 is 0. The third-order valence-electron chi connectivity index (χ3n) is 6.91. The van der Waals surface area contributed by atoms with Crippen LogP contribution in [-0.4, -0.2) is 60.9 Å². The zero-order valence-electron chi connectivity index (χ0n) is 19.7. The standard InChI is InChI=1S/C25H26F4N6O/c1-24(36,15-2-3-15)6-4-16-10-18-19(22-20(26)11-32-23(30)33-22)14-35(21(18)12-31-16)17-5-8-34(13-17)9-7-25(27,28)29/h10-12,14-15,17,36H,2-3,5,7-9,13H2,1H3,(H2,30,32,33). The predicted molar refractivity (Wildman–Crippen MR) is 126 cm³/mol. The van der Waals surface area contributed by atoms with Crippen LogP contribution in [0.3, 0.4) is 0 Å². The molecule has 1 saturated heterocycles. The van der Waals surface area contributed by atoms with E-state index < -0.39 is 24.0 Å². The van der Waals surface area contributed by atoms with Gasteiger partial charge in [-0.1, -0.05) is 5.92 Å². The molecule has 0 amide bonds. The summed E-state index contributed by atoms with van der Waals surface area (Å²) in [6, 6.07) is 1.59. The van der Waals surface area contributed by atoms with Crippen LogP contribution >= 0.6 is 0 Å². The summed E-state index contributed by atoms with van der Waals surface area (Å²) in [7, 11) is 0. The highest BCUT2D eigenvalue weighted by Gasteiger charge is 2.38. The molecule has 2 unspecified atom stereocenters. The van der Waals surface area contributed by atoms with Gasteiger partial charge in [0.05, 0.1) is 24.3 Å². The maximum Gasteiger partial charge on any atom is 0.390 e. The van der Waals surface area contributed by atoms with Crippen LogP contribution in [-0.2, 0) is 0 Å². The lowest BCUT2D eigenvalue weighted by Gasteiger charge is -2.18. The van der Waals surface area contributed by atoms with E-state index in [1.165, 1.54) is 0 Å². The molecule has 0 bridgehead atoms.